The minimum Gasteiger partial charge on any atom is -0.468 e. The van der Waals surface area contributed by atoms with E-state index in [1.165, 1.54) is 16.9 Å². The number of nitrogens with zero attached hydrogens (tertiary/aromatic N) is 2. The van der Waals surface area contributed by atoms with Crippen molar-refractivity contribution in [3.63, 3.8) is 0 Å². The molecule has 0 aliphatic carbocycles. The highest BCUT2D eigenvalue weighted by Gasteiger charge is 2.26. The number of carbonyl (C=O) groups excluding carboxylic acids is 3. The SMILES string of the molecule is CCOC(=O)c1c(NC(=O)c2ccn(COc3c(Cl)cccc3Cl)n2)sc(C(N)=O)c1C. The van der Waals surface area contributed by atoms with Gasteiger partial charge in [0.15, 0.2) is 18.2 Å². The fourth-order valence-corrected chi connectivity index (χ4v) is 4.31. The molecular weight excluding hydrogens is 479 g/mol. The van der Waals surface area contributed by atoms with Crippen LogP contribution in [0, 0.1) is 6.92 Å². The van der Waals surface area contributed by atoms with E-state index in [9.17, 15) is 14.4 Å². The molecule has 168 valence electrons. The highest BCUT2D eigenvalue weighted by atomic mass is 35.5. The van der Waals surface area contributed by atoms with Crippen LogP contribution in [-0.2, 0) is 11.5 Å². The molecule has 2 heterocycles. The van der Waals surface area contributed by atoms with Crippen LogP contribution in [0.25, 0.3) is 0 Å². The van der Waals surface area contributed by atoms with E-state index < -0.39 is 17.8 Å². The Bertz CT molecular complexity index is 1170. The third kappa shape index (κ3) is 5.04. The monoisotopic (exact) mass is 496 g/mol. The number of halogens is 2. The fraction of sp³-hybridized carbons (Fsp3) is 0.200. The number of aromatic nitrogens is 2. The number of rotatable bonds is 8. The van der Waals surface area contributed by atoms with Gasteiger partial charge in [0, 0.05) is 6.20 Å². The van der Waals surface area contributed by atoms with Gasteiger partial charge in [-0.1, -0.05) is 29.3 Å². The Labute approximate surface area is 197 Å². The molecule has 0 radical (unpaired) electrons. The van der Waals surface area contributed by atoms with E-state index in [-0.39, 0.29) is 34.5 Å². The fourth-order valence-electron chi connectivity index (χ4n) is 2.76. The third-order valence-corrected chi connectivity index (χ3v) is 6.03. The van der Waals surface area contributed by atoms with Crippen LogP contribution in [-0.4, -0.2) is 34.2 Å². The van der Waals surface area contributed by atoms with Crippen LogP contribution in [0.3, 0.4) is 0 Å². The second-order valence-corrected chi connectivity index (χ2v) is 8.20. The maximum absolute atomic E-state index is 12.7. The van der Waals surface area contributed by atoms with E-state index in [0.717, 1.165) is 11.3 Å². The minimum atomic E-state index is -0.710. The number of ether oxygens (including phenoxy) is 2. The topological polar surface area (TPSA) is 126 Å². The molecule has 3 rings (SSSR count). The van der Waals surface area contributed by atoms with Crippen LogP contribution in [0.2, 0.25) is 10.0 Å². The molecule has 0 saturated heterocycles. The summed E-state index contributed by atoms with van der Waals surface area (Å²) in [4.78, 5) is 36.9. The first kappa shape index (κ1) is 23.6. The van der Waals surface area contributed by atoms with Crippen LogP contribution in [0.1, 0.15) is 43.0 Å². The van der Waals surface area contributed by atoms with Crippen molar-refractivity contribution >= 4 is 57.3 Å². The van der Waals surface area contributed by atoms with E-state index in [2.05, 4.69) is 10.4 Å². The Morgan fingerprint density at radius 1 is 1.22 bits per heavy atom. The molecule has 0 atom stereocenters. The van der Waals surface area contributed by atoms with Gasteiger partial charge in [-0.25, -0.2) is 9.48 Å². The predicted molar refractivity (Wildman–Crippen MR) is 121 cm³/mol. The first-order valence-electron chi connectivity index (χ1n) is 9.24. The summed E-state index contributed by atoms with van der Waals surface area (Å²) in [5.41, 5.74) is 5.85. The number of para-hydroxylation sites is 1. The van der Waals surface area contributed by atoms with E-state index >= 15 is 0 Å². The summed E-state index contributed by atoms with van der Waals surface area (Å²) >= 11 is 13.0. The molecule has 9 nitrogen and oxygen atoms in total. The smallest absolute Gasteiger partial charge is 0.341 e. The Hall–Kier alpha value is -3.08. The molecule has 12 heteroatoms. The van der Waals surface area contributed by atoms with Crippen LogP contribution in [0.15, 0.2) is 30.5 Å². The van der Waals surface area contributed by atoms with E-state index in [4.69, 9.17) is 38.4 Å². The van der Waals surface area contributed by atoms with Crippen molar-refractivity contribution in [1.82, 2.24) is 9.78 Å². The van der Waals surface area contributed by atoms with Gasteiger partial charge in [-0.3, -0.25) is 9.59 Å². The highest BCUT2D eigenvalue weighted by molar-refractivity contribution is 7.18. The Morgan fingerprint density at radius 3 is 2.53 bits per heavy atom. The molecule has 1 aromatic carbocycles. The number of benzene rings is 1. The number of nitrogens with one attached hydrogen (secondary N) is 1. The first-order valence-corrected chi connectivity index (χ1v) is 10.8. The van der Waals surface area contributed by atoms with Crippen LogP contribution < -0.4 is 15.8 Å². The van der Waals surface area contributed by atoms with Crippen LogP contribution in [0.5, 0.6) is 5.75 Å². The molecule has 0 spiro atoms. The molecule has 2 aromatic heterocycles. The number of thiophene rings is 1. The number of hydrogen-bond donors (Lipinski definition) is 2. The van der Waals surface area contributed by atoms with Gasteiger partial charge in [-0.05, 0) is 37.6 Å². The Balaban J connectivity index is 1.77. The summed E-state index contributed by atoms with van der Waals surface area (Å²) < 4.78 is 12.0. The van der Waals surface area contributed by atoms with Gasteiger partial charge in [0.2, 0.25) is 0 Å². The highest BCUT2D eigenvalue weighted by Crippen LogP contribution is 2.34. The molecule has 0 aliphatic rings. The lowest BCUT2D eigenvalue weighted by Crippen LogP contribution is -2.16. The lowest BCUT2D eigenvalue weighted by atomic mass is 10.1. The lowest BCUT2D eigenvalue weighted by Gasteiger charge is -2.09. The van der Waals surface area contributed by atoms with E-state index in [1.807, 2.05) is 0 Å². The third-order valence-electron chi connectivity index (χ3n) is 4.21. The first-order chi connectivity index (χ1) is 15.2. The van der Waals surface area contributed by atoms with Crippen molar-refractivity contribution in [2.75, 3.05) is 11.9 Å². The maximum Gasteiger partial charge on any atom is 0.341 e. The Morgan fingerprint density at radius 2 is 1.91 bits per heavy atom. The summed E-state index contributed by atoms with van der Waals surface area (Å²) in [6.45, 7) is 3.30. The summed E-state index contributed by atoms with van der Waals surface area (Å²) in [7, 11) is 0. The van der Waals surface area contributed by atoms with Crippen LogP contribution >= 0.6 is 34.5 Å². The number of carbonyl (C=O) groups is 3. The minimum absolute atomic E-state index is 0.0469. The van der Waals surface area contributed by atoms with E-state index in [0.29, 0.717) is 21.4 Å². The average molecular weight is 497 g/mol. The summed E-state index contributed by atoms with van der Waals surface area (Å²) in [5, 5.41) is 7.57. The van der Waals surface area contributed by atoms with Crippen molar-refractivity contribution < 1.29 is 23.9 Å². The molecule has 3 aromatic rings. The largest absolute Gasteiger partial charge is 0.468 e. The second kappa shape index (κ2) is 10.0. The summed E-state index contributed by atoms with van der Waals surface area (Å²) in [6.07, 6.45) is 1.53. The number of primary amides is 1. The van der Waals surface area contributed by atoms with Crippen molar-refractivity contribution in [3.8, 4) is 5.75 Å². The van der Waals surface area contributed by atoms with Gasteiger partial charge >= 0.3 is 5.97 Å². The number of nitrogens with two attached hydrogens (primary N) is 1. The Kier molecular flexibility index (Phi) is 7.39. The number of esters is 1. The van der Waals surface area contributed by atoms with Crippen molar-refractivity contribution in [1.29, 1.82) is 0 Å². The quantitative estimate of drug-likeness (QED) is 0.451. The summed E-state index contributed by atoms with van der Waals surface area (Å²) in [5.74, 6) is -1.68. The number of anilines is 1. The molecule has 2 amide bonds. The van der Waals surface area contributed by atoms with Gasteiger partial charge in [0.05, 0.1) is 27.1 Å². The number of amides is 2. The molecule has 0 saturated carbocycles. The molecular formula is C20H18Cl2N4O5S. The number of hydrogen-bond acceptors (Lipinski definition) is 7. The van der Waals surface area contributed by atoms with Crippen molar-refractivity contribution in [2.45, 2.75) is 20.6 Å². The molecule has 32 heavy (non-hydrogen) atoms. The molecule has 0 aliphatic heterocycles. The summed E-state index contributed by atoms with van der Waals surface area (Å²) in [6, 6.07) is 6.42. The molecule has 0 unspecified atom stereocenters. The van der Waals surface area contributed by atoms with Gasteiger partial charge in [0.1, 0.15) is 5.00 Å². The average Bonchev–Trinajstić information content (AvgIpc) is 3.32. The zero-order valence-electron chi connectivity index (χ0n) is 17.0. The maximum atomic E-state index is 12.7. The second-order valence-electron chi connectivity index (χ2n) is 6.36. The standard InChI is InChI=1S/C20H18Cl2N4O5S/c1-3-30-20(29)14-10(2)16(17(23)27)32-19(14)24-18(28)13-7-8-26(25-13)9-31-15-11(21)5-4-6-12(15)22/h4-8H,3,9H2,1-2H3,(H2,23,27)(H,24,28). The van der Waals surface area contributed by atoms with Gasteiger partial charge in [-0.2, -0.15) is 5.10 Å². The molecule has 0 bridgehead atoms. The molecule has 0 fully saturated rings. The van der Waals surface area contributed by atoms with Gasteiger partial charge in [-0.15, -0.1) is 11.3 Å². The van der Waals surface area contributed by atoms with Gasteiger partial charge in [0.25, 0.3) is 11.8 Å². The normalized spacial score (nSPS) is 10.6. The zero-order chi connectivity index (χ0) is 23.4. The van der Waals surface area contributed by atoms with Crippen LogP contribution in [0.4, 0.5) is 5.00 Å². The van der Waals surface area contributed by atoms with Crippen molar-refractivity contribution in [3.05, 3.63) is 62.2 Å². The van der Waals surface area contributed by atoms with E-state index in [1.54, 1.807) is 32.0 Å². The molecule has 3 N–H and O–H groups in total. The lowest BCUT2D eigenvalue weighted by molar-refractivity contribution is 0.0527. The predicted octanol–water partition coefficient (Wildman–Crippen LogP) is 4.12. The zero-order valence-corrected chi connectivity index (χ0v) is 19.3. The van der Waals surface area contributed by atoms with Crippen molar-refractivity contribution in [2.24, 2.45) is 5.73 Å². The van der Waals surface area contributed by atoms with Gasteiger partial charge < -0.3 is 20.5 Å².